The number of hydrogen-bond acceptors (Lipinski definition) is 4. The minimum absolute atomic E-state index is 0.261. The lowest BCUT2D eigenvalue weighted by molar-refractivity contribution is 0.0441. The van der Waals surface area contributed by atoms with Crippen molar-refractivity contribution < 1.29 is 4.74 Å². The van der Waals surface area contributed by atoms with Gasteiger partial charge in [0, 0.05) is 34.4 Å². The van der Waals surface area contributed by atoms with Crippen molar-refractivity contribution in [2.24, 2.45) is 0 Å². The molecule has 1 aromatic carbocycles. The smallest absolute Gasteiger partial charge is 0.0793 e. The standard InChI is InChI=1S/C11H15ClN2OS/c12-8-1-2-10(13)11(5-8)16-7-9-6-14-3-4-15-9/h1-2,5,9,14H,3-4,6-7,13H2. The summed E-state index contributed by atoms with van der Waals surface area (Å²) < 4.78 is 5.61. The predicted octanol–water partition coefficient (Wildman–Crippen LogP) is 2.00. The summed E-state index contributed by atoms with van der Waals surface area (Å²) >= 11 is 7.62. The third kappa shape index (κ3) is 3.28. The van der Waals surface area contributed by atoms with Gasteiger partial charge in [-0.05, 0) is 18.2 Å². The minimum Gasteiger partial charge on any atom is -0.398 e. The van der Waals surface area contributed by atoms with E-state index >= 15 is 0 Å². The summed E-state index contributed by atoms with van der Waals surface area (Å²) in [6, 6.07) is 5.54. The first-order chi connectivity index (χ1) is 7.75. The first kappa shape index (κ1) is 12.0. The van der Waals surface area contributed by atoms with Gasteiger partial charge in [-0.15, -0.1) is 11.8 Å². The Kier molecular flexibility index (Phi) is 4.35. The summed E-state index contributed by atoms with van der Waals surface area (Å²) in [5.74, 6) is 0.900. The molecule has 2 rings (SSSR count). The molecule has 1 fully saturated rings. The summed E-state index contributed by atoms with van der Waals surface area (Å²) in [7, 11) is 0. The molecule has 0 radical (unpaired) electrons. The molecular formula is C11H15ClN2OS. The average Bonchev–Trinajstić information content (AvgIpc) is 2.32. The van der Waals surface area contributed by atoms with E-state index in [4.69, 9.17) is 22.1 Å². The van der Waals surface area contributed by atoms with Crippen LogP contribution in [0, 0.1) is 0 Å². The Morgan fingerprint density at radius 1 is 1.56 bits per heavy atom. The molecule has 5 heteroatoms. The Morgan fingerprint density at radius 3 is 3.19 bits per heavy atom. The van der Waals surface area contributed by atoms with Gasteiger partial charge in [-0.3, -0.25) is 0 Å². The molecule has 1 aliphatic heterocycles. The monoisotopic (exact) mass is 258 g/mol. The van der Waals surface area contributed by atoms with Gasteiger partial charge in [0.2, 0.25) is 0 Å². The van der Waals surface area contributed by atoms with Crippen LogP contribution in [-0.4, -0.2) is 31.6 Å². The number of rotatable bonds is 3. The third-order valence-corrected chi connectivity index (χ3v) is 3.84. The maximum absolute atomic E-state index is 5.93. The molecule has 88 valence electrons. The van der Waals surface area contributed by atoms with Crippen LogP contribution < -0.4 is 11.1 Å². The van der Waals surface area contributed by atoms with Gasteiger partial charge in [-0.1, -0.05) is 11.6 Å². The van der Waals surface area contributed by atoms with Crippen LogP contribution >= 0.6 is 23.4 Å². The van der Waals surface area contributed by atoms with Crippen molar-refractivity contribution in [3.05, 3.63) is 23.2 Å². The maximum atomic E-state index is 5.93. The van der Waals surface area contributed by atoms with Gasteiger partial charge in [-0.25, -0.2) is 0 Å². The highest BCUT2D eigenvalue weighted by Gasteiger charge is 2.14. The van der Waals surface area contributed by atoms with Crippen LogP contribution in [0.25, 0.3) is 0 Å². The van der Waals surface area contributed by atoms with Crippen molar-refractivity contribution in [1.82, 2.24) is 5.32 Å². The van der Waals surface area contributed by atoms with E-state index in [-0.39, 0.29) is 6.10 Å². The molecule has 0 aliphatic carbocycles. The van der Waals surface area contributed by atoms with Gasteiger partial charge in [0.25, 0.3) is 0 Å². The Morgan fingerprint density at radius 2 is 2.44 bits per heavy atom. The topological polar surface area (TPSA) is 47.3 Å². The molecule has 16 heavy (non-hydrogen) atoms. The lowest BCUT2D eigenvalue weighted by Crippen LogP contribution is -2.39. The fourth-order valence-corrected chi connectivity index (χ4v) is 2.80. The normalized spacial score (nSPS) is 20.9. The van der Waals surface area contributed by atoms with Crippen LogP contribution in [0.1, 0.15) is 0 Å². The van der Waals surface area contributed by atoms with Gasteiger partial charge in [0.1, 0.15) is 0 Å². The van der Waals surface area contributed by atoms with E-state index in [1.54, 1.807) is 17.8 Å². The molecular weight excluding hydrogens is 244 g/mol. The van der Waals surface area contributed by atoms with Crippen molar-refractivity contribution in [3.8, 4) is 0 Å². The number of nitrogens with two attached hydrogens (primary N) is 1. The Bertz CT molecular complexity index is 356. The lowest BCUT2D eigenvalue weighted by Gasteiger charge is -2.23. The highest BCUT2D eigenvalue weighted by atomic mass is 35.5. The molecule has 1 heterocycles. The molecule has 1 aromatic rings. The quantitative estimate of drug-likeness (QED) is 0.643. The highest BCUT2D eigenvalue weighted by molar-refractivity contribution is 7.99. The number of morpholine rings is 1. The maximum Gasteiger partial charge on any atom is 0.0793 e. The van der Waals surface area contributed by atoms with Crippen molar-refractivity contribution in [1.29, 1.82) is 0 Å². The Hall–Kier alpha value is -0.420. The molecule has 1 unspecified atom stereocenters. The molecule has 3 nitrogen and oxygen atoms in total. The first-order valence-electron chi connectivity index (χ1n) is 5.26. The third-order valence-electron chi connectivity index (χ3n) is 2.40. The molecule has 0 amide bonds. The Balaban J connectivity index is 1.90. The van der Waals surface area contributed by atoms with Crippen LogP contribution in [0.4, 0.5) is 5.69 Å². The van der Waals surface area contributed by atoms with Crippen molar-refractivity contribution in [2.45, 2.75) is 11.0 Å². The lowest BCUT2D eigenvalue weighted by atomic mass is 10.3. The summed E-state index contributed by atoms with van der Waals surface area (Å²) in [4.78, 5) is 1.03. The fraction of sp³-hybridized carbons (Fsp3) is 0.455. The number of ether oxygens (including phenoxy) is 1. The summed E-state index contributed by atoms with van der Waals surface area (Å²) in [6.07, 6.45) is 0.261. The van der Waals surface area contributed by atoms with Crippen LogP contribution in [0.15, 0.2) is 23.1 Å². The molecule has 1 atom stereocenters. The molecule has 0 saturated carbocycles. The second kappa shape index (κ2) is 5.77. The fourth-order valence-electron chi connectivity index (χ4n) is 1.54. The number of halogens is 1. The zero-order chi connectivity index (χ0) is 11.4. The number of nitrogen functional groups attached to an aromatic ring is 1. The van der Waals surface area contributed by atoms with Crippen LogP contribution in [0.5, 0.6) is 0 Å². The number of benzene rings is 1. The van der Waals surface area contributed by atoms with E-state index in [1.165, 1.54) is 0 Å². The zero-order valence-corrected chi connectivity index (χ0v) is 10.5. The van der Waals surface area contributed by atoms with Crippen LogP contribution in [0.2, 0.25) is 5.02 Å². The number of nitrogens with one attached hydrogen (secondary N) is 1. The van der Waals surface area contributed by atoms with Gasteiger partial charge >= 0.3 is 0 Å². The molecule has 0 bridgehead atoms. The van der Waals surface area contributed by atoms with E-state index in [9.17, 15) is 0 Å². The number of thioether (sulfide) groups is 1. The molecule has 1 aliphatic rings. The van der Waals surface area contributed by atoms with E-state index in [0.29, 0.717) is 0 Å². The first-order valence-corrected chi connectivity index (χ1v) is 6.62. The molecule has 3 N–H and O–H groups in total. The molecule has 0 aromatic heterocycles. The summed E-state index contributed by atoms with van der Waals surface area (Å²) in [5.41, 5.74) is 6.65. The average molecular weight is 259 g/mol. The van der Waals surface area contributed by atoms with Gasteiger partial charge in [0.15, 0.2) is 0 Å². The molecule has 0 spiro atoms. The largest absolute Gasteiger partial charge is 0.398 e. The Labute approximate surface area is 105 Å². The van der Waals surface area contributed by atoms with Crippen molar-refractivity contribution in [2.75, 3.05) is 31.2 Å². The number of anilines is 1. The van der Waals surface area contributed by atoms with E-state index in [2.05, 4.69) is 5.32 Å². The number of hydrogen-bond donors (Lipinski definition) is 2. The molecule has 1 saturated heterocycles. The summed E-state index contributed by atoms with van der Waals surface area (Å²) in [6.45, 7) is 2.64. The van der Waals surface area contributed by atoms with Gasteiger partial charge in [0.05, 0.1) is 12.7 Å². The van der Waals surface area contributed by atoms with Crippen LogP contribution in [0.3, 0.4) is 0 Å². The van der Waals surface area contributed by atoms with E-state index in [0.717, 1.165) is 41.1 Å². The highest BCUT2D eigenvalue weighted by Crippen LogP contribution is 2.28. The summed E-state index contributed by atoms with van der Waals surface area (Å²) in [5, 5.41) is 4.02. The minimum atomic E-state index is 0.261. The zero-order valence-electron chi connectivity index (χ0n) is 8.91. The van der Waals surface area contributed by atoms with Crippen molar-refractivity contribution >= 4 is 29.1 Å². The van der Waals surface area contributed by atoms with Crippen molar-refractivity contribution in [3.63, 3.8) is 0 Å². The van der Waals surface area contributed by atoms with E-state index in [1.807, 2.05) is 12.1 Å². The second-order valence-corrected chi connectivity index (χ2v) is 5.19. The SMILES string of the molecule is Nc1ccc(Cl)cc1SCC1CNCCO1. The van der Waals surface area contributed by atoms with E-state index < -0.39 is 0 Å². The van der Waals surface area contributed by atoms with Gasteiger partial charge < -0.3 is 15.8 Å². The van der Waals surface area contributed by atoms with Crippen LogP contribution in [-0.2, 0) is 4.74 Å². The van der Waals surface area contributed by atoms with Gasteiger partial charge in [-0.2, -0.15) is 0 Å². The predicted molar refractivity (Wildman–Crippen MR) is 69.2 cm³/mol. The second-order valence-electron chi connectivity index (χ2n) is 3.69.